The molecule has 0 saturated heterocycles. The first-order chi connectivity index (χ1) is 6.02. The van der Waals surface area contributed by atoms with E-state index in [0.717, 1.165) is 6.42 Å². The average molecular weight is 234 g/mol. The zero-order chi connectivity index (χ0) is 10.0. The van der Waals surface area contributed by atoms with Crippen LogP contribution >= 0.6 is 0 Å². The summed E-state index contributed by atoms with van der Waals surface area (Å²) in [4.78, 5) is 21.5. The fourth-order valence-corrected chi connectivity index (χ4v) is 1.95. The van der Waals surface area contributed by atoms with Gasteiger partial charge in [-0.15, -0.1) is 0 Å². The Balaban J connectivity index is 0. The molecular formula is C9H16Na2O4. The Hall–Kier alpha value is 0.940. The second-order valence-electron chi connectivity index (χ2n) is 3.81. The average Bonchev–Trinajstić information content (AvgIpc) is 2.03. The molecule has 1 saturated carbocycles. The molecule has 2 N–H and O–H groups in total. The van der Waals surface area contributed by atoms with Crippen molar-refractivity contribution in [1.29, 1.82) is 0 Å². The predicted octanol–water partition coefficient (Wildman–Crippen LogP) is -0.0890. The molecule has 3 atom stereocenters. The first-order valence-corrected chi connectivity index (χ1v) is 4.48. The number of carbonyl (C=O) groups is 2. The van der Waals surface area contributed by atoms with Crippen molar-refractivity contribution in [1.82, 2.24) is 0 Å². The fourth-order valence-electron chi connectivity index (χ4n) is 1.95. The third kappa shape index (κ3) is 5.20. The maximum absolute atomic E-state index is 10.8. The van der Waals surface area contributed by atoms with Gasteiger partial charge in [-0.2, -0.15) is 0 Å². The summed E-state index contributed by atoms with van der Waals surface area (Å²) in [6.45, 7) is 1.97. The molecule has 0 amide bonds. The molecular weight excluding hydrogens is 218 g/mol. The molecule has 4 nitrogen and oxygen atoms in total. The molecule has 6 heteroatoms. The number of carboxylic acid groups (broad SMARTS) is 2. The summed E-state index contributed by atoms with van der Waals surface area (Å²) in [5, 5.41) is 17.6. The van der Waals surface area contributed by atoms with Crippen molar-refractivity contribution in [3.05, 3.63) is 0 Å². The third-order valence-electron chi connectivity index (χ3n) is 2.75. The summed E-state index contributed by atoms with van der Waals surface area (Å²) < 4.78 is 0. The molecule has 0 aliphatic heterocycles. The minimum absolute atomic E-state index is 0. The van der Waals surface area contributed by atoms with Crippen LogP contribution < -0.4 is 0 Å². The molecule has 1 aliphatic carbocycles. The van der Waals surface area contributed by atoms with Gasteiger partial charge >= 0.3 is 71.1 Å². The van der Waals surface area contributed by atoms with Crippen LogP contribution in [0.2, 0.25) is 0 Å². The number of carboxylic acids is 2. The molecule has 1 fully saturated rings. The molecule has 0 spiro atoms. The van der Waals surface area contributed by atoms with E-state index in [1.807, 2.05) is 6.92 Å². The van der Waals surface area contributed by atoms with Crippen LogP contribution in [0.3, 0.4) is 0 Å². The normalized spacial score (nSPS) is 29.5. The Morgan fingerprint density at radius 1 is 1.00 bits per heavy atom. The Kier molecular flexibility index (Phi) is 9.88. The zero-order valence-corrected chi connectivity index (χ0v) is 7.56. The predicted molar refractivity (Wildman–Crippen MR) is 59.6 cm³/mol. The summed E-state index contributed by atoms with van der Waals surface area (Å²) in [5.74, 6) is -3.00. The summed E-state index contributed by atoms with van der Waals surface area (Å²) in [6, 6.07) is 0. The van der Waals surface area contributed by atoms with Crippen molar-refractivity contribution < 1.29 is 19.8 Å². The van der Waals surface area contributed by atoms with Crippen LogP contribution in [0.25, 0.3) is 0 Å². The van der Waals surface area contributed by atoms with Crippen LogP contribution in [-0.4, -0.2) is 81.3 Å². The number of rotatable bonds is 2. The van der Waals surface area contributed by atoms with E-state index in [9.17, 15) is 9.59 Å². The molecule has 3 unspecified atom stereocenters. The fraction of sp³-hybridized carbons (Fsp3) is 0.778. The second kappa shape index (κ2) is 8.09. The number of hydrogen-bond acceptors (Lipinski definition) is 2. The molecule has 0 heterocycles. The van der Waals surface area contributed by atoms with E-state index in [-0.39, 0.29) is 59.1 Å². The van der Waals surface area contributed by atoms with E-state index in [1.54, 1.807) is 0 Å². The summed E-state index contributed by atoms with van der Waals surface area (Å²) in [5.41, 5.74) is 0. The first-order valence-electron chi connectivity index (χ1n) is 4.48. The van der Waals surface area contributed by atoms with Crippen molar-refractivity contribution in [2.24, 2.45) is 17.8 Å². The molecule has 0 aromatic rings. The van der Waals surface area contributed by atoms with Crippen molar-refractivity contribution in [2.75, 3.05) is 0 Å². The quantitative estimate of drug-likeness (QED) is 0.655. The van der Waals surface area contributed by atoms with Gasteiger partial charge in [0.15, 0.2) is 0 Å². The van der Waals surface area contributed by atoms with Gasteiger partial charge in [0, 0.05) is 0 Å². The van der Waals surface area contributed by atoms with E-state index in [0.29, 0.717) is 18.8 Å². The van der Waals surface area contributed by atoms with Gasteiger partial charge in [0.2, 0.25) is 0 Å². The van der Waals surface area contributed by atoms with E-state index in [2.05, 4.69) is 0 Å². The Morgan fingerprint density at radius 2 is 1.47 bits per heavy atom. The molecule has 15 heavy (non-hydrogen) atoms. The van der Waals surface area contributed by atoms with Crippen LogP contribution in [0.1, 0.15) is 26.2 Å². The summed E-state index contributed by atoms with van der Waals surface area (Å²) in [6.07, 6.45) is 1.81. The topological polar surface area (TPSA) is 74.6 Å². The molecule has 1 rings (SSSR count). The standard InChI is InChI=1S/C9H14O4.2Na.2H/c1-5-2-3-6(8(10)11)7(4-5)9(12)13;;;;/h5-7H,2-4H2,1H3,(H,10,11)(H,12,13);;;;. The Morgan fingerprint density at radius 3 is 1.87 bits per heavy atom. The maximum atomic E-state index is 10.8. The Bertz CT molecular complexity index is 232. The van der Waals surface area contributed by atoms with Crippen molar-refractivity contribution in [3.63, 3.8) is 0 Å². The van der Waals surface area contributed by atoms with E-state index in [4.69, 9.17) is 10.2 Å². The van der Waals surface area contributed by atoms with Crippen LogP contribution in [-0.2, 0) is 9.59 Å². The van der Waals surface area contributed by atoms with Gasteiger partial charge in [-0.25, -0.2) is 0 Å². The van der Waals surface area contributed by atoms with Crippen molar-refractivity contribution in [3.8, 4) is 0 Å². The van der Waals surface area contributed by atoms with Crippen molar-refractivity contribution in [2.45, 2.75) is 26.2 Å². The van der Waals surface area contributed by atoms with Crippen LogP contribution in [0.5, 0.6) is 0 Å². The molecule has 0 aromatic carbocycles. The van der Waals surface area contributed by atoms with Gasteiger partial charge in [0.05, 0.1) is 11.8 Å². The number of aliphatic carboxylic acids is 2. The third-order valence-corrected chi connectivity index (χ3v) is 2.75. The molecule has 0 radical (unpaired) electrons. The van der Waals surface area contributed by atoms with Gasteiger partial charge < -0.3 is 10.2 Å². The van der Waals surface area contributed by atoms with Crippen LogP contribution in [0, 0.1) is 17.8 Å². The van der Waals surface area contributed by atoms with E-state index >= 15 is 0 Å². The molecule has 0 aromatic heterocycles. The molecule has 1 aliphatic rings. The van der Waals surface area contributed by atoms with E-state index in [1.165, 1.54) is 0 Å². The number of hydrogen-bond donors (Lipinski definition) is 2. The SMILES string of the molecule is CC1CCC(C(=O)O)C(C(=O)O)C1.[NaH].[NaH]. The summed E-state index contributed by atoms with van der Waals surface area (Å²) in [7, 11) is 0. The van der Waals surface area contributed by atoms with Gasteiger partial charge in [0.1, 0.15) is 0 Å². The second-order valence-corrected chi connectivity index (χ2v) is 3.81. The van der Waals surface area contributed by atoms with E-state index < -0.39 is 23.8 Å². The van der Waals surface area contributed by atoms with Gasteiger partial charge in [-0.05, 0) is 25.2 Å². The van der Waals surface area contributed by atoms with Gasteiger partial charge in [0.25, 0.3) is 0 Å². The first kappa shape index (κ1) is 18.3. The molecule has 78 valence electrons. The monoisotopic (exact) mass is 234 g/mol. The summed E-state index contributed by atoms with van der Waals surface area (Å²) >= 11 is 0. The van der Waals surface area contributed by atoms with Gasteiger partial charge in [-0.1, -0.05) is 6.92 Å². The molecule has 0 bridgehead atoms. The zero-order valence-electron chi connectivity index (χ0n) is 7.56. The van der Waals surface area contributed by atoms with Gasteiger partial charge in [-0.3, -0.25) is 9.59 Å². The van der Waals surface area contributed by atoms with Crippen LogP contribution in [0.15, 0.2) is 0 Å². The Labute approximate surface area is 133 Å². The minimum atomic E-state index is -0.973. The van der Waals surface area contributed by atoms with Crippen LogP contribution in [0.4, 0.5) is 0 Å². The van der Waals surface area contributed by atoms with Crippen molar-refractivity contribution >= 4 is 71.1 Å².